The summed E-state index contributed by atoms with van der Waals surface area (Å²) >= 11 is 0. The van der Waals surface area contributed by atoms with E-state index >= 15 is 0 Å². The van der Waals surface area contributed by atoms with Gasteiger partial charge in [0.1, 0.15) is 0 Å². The fourth-order valence-corrected chi connectivity index (χ4v) is 2.45. The molecule has 0 unspecified atom stereocenters. The Kier molecular flexibility index (Phi) is 3.84. The lowest BCUT2D eigenvalue weighted by molar-refractivity contribution is 0.0988. The fourth-order valence-electron chi connectivity index (χ4n) is 2.45. The van der Waals surface area contributed by atoms with Crippen LogP contribution in [0.1, 0.15) is 47.6 Å². The van der Waals surface area contributed by atoms with Gasteiger partial charge in [0.05, 0.1) is 11.4 Å². The maximum atomic E-state index is 11.8. The maximum Gasteiger partial charge on any atom is 0.162 e. The summed E-state index contributed by atoms with van der Waals surface area (Å²) in [7, 11) is 0. The summed E-state index contributed by atoms with van der Waals surface area (Å²) in [6, 6.07) is 7.69. The molecule has 0 saturated carbocycles. The summed E-state index contributed by atoms with van der Waals surface area (Å²) < 4.78 is 1.93. The summed E-state index contributed by atoms with van der Waals surface area (Å²) in [5.74, 6) is 0.166. The van der Waals surface area contributed by atoms with E-state index in [9.17, 15) is 4.79 Å². The van der Waals surface area contributed by atoms with E-state index in [0.717, 1.165) is 29.1 Å². The van der Waals surface area contributed by atoms with Crippen LogP contribution in [0.15, 0.2) is 24.3 Å². The molecular weight excluding hydrogens is 236 g/mol. The molecule has 1 heterocycles. The number of benzene rings is 1. The van der Waals surface area contributed by atoms with Crippen molar-refractivity contribution < 1.29 is 4.79 Å². The summed E-state index contributed by atoms with van der Waals surface area (Å²) in [4.78, 5) is 11.8. The van der Waals surface area contributed by atoms with Gasteiger partial charge in [-0.3, -0.25) is 4.79 Å². The van der Waals surface area contributed by atoms with Crippen molar-refractivity contribution in [2.45, 2.75) is 40.5 Å². The number of aryl methyl sites for hydroxylation is 1. The highest BCUT2D eigenvalue weighted by Crippen LogP contribution is 2.19. The Morgan fingerprint density at radius 1 is 1.26 bits per heavy atom. The van der Waals surface area contributed by atoms with E-state index in [-0.39, 0.29) is 5.78 Å². The smallest absolute Gasteiger partial charge is 0.162 e. The van der Waals surface area contributed by atoms with Crippen molar-refractivity contribution in [1.82, 2.24) is 9.78 Å². The monoisotopic (exact) mass is 256 g/mol. The van der Waals surface area contributed by atoms with Gasteiger partial charge in [0.15, 0.2) is 5.78 Å². The van der Waals surface area contributed by atoms with Crippen LogP contribution < -0.4 is 0 Å². The lowest BCUT2D eigenvalue weighted by Crippen LogP contribution is -2.03. The minimum absolute atomic E-state index is 0.166. The number of hydrogen-bond acceptors (Lipinski definition) is 2. The number of nitrogens with zero attached hydrogens (tertiary/aromatic N) is 2. The molecule has 1 aromatic carbocycles. The predicted molar refractivity (Wildman–Crippen MR) is 77.0 cm³/mol. The van der Waals surface area contributed by atoms with Gasteiger partial charge in [-0.05, 0) is 38.0 Å². The summed E-state index contributed by atoms with van der Waals surface area (Å²) in [5.41, 5.74) is 5.21. The van der Waals surface area contributed by atoms with Crippen molar-refractivity contribution in [2.75, 3.05) is 0 Å². The van der Waals surface area contributed by atoms with Gasteiger partial charge in [0.2, 0.25) is 0 Å². The van der Waals surface area contributed by atoms with E-state index in [1.165, 1.54) is 5.56 Å². The molecule has 0 spiro atoms. The van der Waals surface area contributed by atoms with Gasteiger partial charge in [-0.1, -0.05) is 26.0 Å². The van der Waals surface area contributed by atoms with Gasteiger partial charge in [-0.15, -0.1) is 0 Å². The van der Waals surface area contributed by atoms with Crippen LogP contribution in [0.4, 0.5) is 0 Å². The molecule has 0 fully saturated rings. The average Bonchev–Trinajstić information content (AvgIpc) is 2.72. The van der Waals surface area contributed by atoms with E-state index in [2.05, 4.69) is 18.9 Å². The minimum Gasteiger partial charge on any atom is -0.294 e. The molecule has 0 aliphatic heterocycles. The molecule has 0 amide bonds. The van der Waals surface area contributed by atoms with Crippen molar-refractivity contribution >= 4 is 5.78 Å². The average molecular weight is 256 g/mol. The Morgan fingerprint density at radius 2 is 2.00 bits per heavy atom. The molecule has 0 aliphatic rings. The normalized spacial score (nSPS) is 10.7. The van der Waals surface area contributed by atoms with Gasteiger partial charge >= 0.3 is 0 Å². The lowest BCUT2D eigenvalue weighted by atomic mass is 10.1. The van der Waals surface area contributed by atoms with Gasteiger partial charge < -0.3 is 0 Å². The lowest BCUT2D eigenvalue weighted by Gasteiger charge is -2.07. The Bertz CT molecular complexity index is 611. The highest BCUT2D eigenvalue weighted by Gasteiger charge is 2.12. The molecule has 19 heavy (non-hydrogen) atoms. The van der Waals surface area contributed by atoms with Gasteiger partial charge in [0, 0.05) is 17.7 Å². The SMILES string of the molecule is CCC(=O)c1cccc(-n2nc(C)c(CC)c2C)c1. The minimum atomic E-state index is 0.166. The topological polar surface area (TPSA) is 34.9 Å². The first-order valence-corrected chi connectivity index (χ1v) is 6.77. The molecule has 100 valence electrons. The van der Waals surface area contributed by atoms with Crippen molar-refractivity contribution in [2.24, 2.45) is 0 Å². The van der Waals surface area contributed by atoms with Crippen LogP contribution in [-0.2, 0) is 6.42 Å². The largest absolute Gasteiger partial charge is 0.294 e. The van der Waals surface area contributed by atoms with Crippen LogP contribution in [0.25, 0.3) is 5.69 Å². The molecule has 0 radical (unpaired) electrons. The molecule has 0 atom stereocenters. The number of Topliss-reactive ketones (excluding diaryl/α,β-unsaturated/α-hetero) is 1. The summed E-state index contributed by atoms with van der Waals surface area (Å²) in [6.07, 6.45) is 1.51. The molecule has 3 heteroatoms. The van der Waals surface area contributed by atoms with Crippen LogP contribution >= 0.6 is 0 Å². The Morgan fingerprint density at radius 3 is 2.58 bits per heavy atom. The molecule has 3 nitrogen and oxygen atoms in total. The zero-order valence-electron chi connectivity index (χ0n) is 12.0. The summed E-state index contributed by atoms with van der Waals surface area (Å²) in [5, 5.41) is 4.58. The van der Waals surface area contributed by atoms with E-state index in [1.54, 1.807) is 0 Å². The molecular formula is C16H20N2O. The summed E-state index contributed by atoms with van der Waals surface area (Å²) in [6.45, 7) is 8.13. The molecule has 0 bridgehead atoms. The van der Waals surface area contributed by atoms with E-state index in [1.807, 2.05) is 42.8 Å². The Hall–Kier alpha value is -1.90. The van der Waals surface area contributed by atoms with E-state index in [0.29, 0.717) is 6.42 Å². The Balaban J connectivity index is 2.50. The number of ketones is 1. The van der Waals surface area contributed by atoms with Crippen LogP contribution in [-0.4, -0.2) is 15.6 Å². The van der Waals surface area contributed by atoms with Crippen molar-refractivity contribution in [3.63, 3.8) is 0 Å². The second kappa shape index (κ2) is 5.39. The highest BCUT2D eigenvalue weighted by atomic mass is 16.1. The first-order chi connectivity index (χ1) is 9.08. The zero-order chi connectivity index (χ0) is 14.0. The predicted octanol–water partition coefficient (Wildman–Crippen LogP) is 3.64. The highest BCUT2D eigenvalue weighted by molar-refractivity contribution is 5.96. The molecule has 0 saturated heterocycles. The third-order valence-electron chi connectivity index (χ3n) is 3.53. The Labute approximate surface area is 114 Å². The standard InChI is InChI=1S/C16H20N2O/c1-5-15-11(3)17-18(12(15)4)14-9-7-8-13(10-14)16(19)6-2/h7-10H,5-6H2,1-4H3. The number of rotatable bonds is 4. The van der Waals surface area contributed by atoms with Gasteiger partial charge in [-0.25, -0.2) is 4.68 Å². The second-order valence-electron chi connectivity index (χ2n) is 4.74. The molecule has 1 aromatic heterocycles. The second-order valence-corrected chi connectivity index (χ2v) is 4.74. The maximum absolute atomic E-state index is 11.8. The number of carbonyl (C=O) groups is 1. The first-order valence-electron chi connectivity index (χ1n) is 6.77. The quantitative estimate of drug-likeness (QED) is 0.783. The van der Waals surface area contributed by atoms with Gasteiger partial charge in [-0.2, -0.15) is 5.10 Å². The molecule has 0 N–H and O–H groups in total. The van der Waals surface area contributed by atoms with Crippen molar-refractivity contribution in [1.29, 1.82) is 0 Å². The number of aromatic nitrogens is 2. The number of hydrogen-bond donors (Lipinski definition) is 0. The van der Waals surface area contributed by atoms with Crippen molar-refractivity contribution in [3.05, 3.63) is 46.8 Å². The third kappa shape index (κ3) is 2.46. The zero-order valence-corrected chi connectivity index (χ0v) is 12.0. The van der Waals surface area contributed by atoms with E-state index < -0.39 is 0 Å². The fraction of sp³-hybridized carbons (Fsp3) is 0.375. The number of carbonyl (C=O) groups excluding carboxylic acids is 1. The van der Waals surface area contributed by atoms with Crippen LogP contribution in [0.5, 0.6) is 0 Å². The van der Waals surface area contributed by atoms with E-state index in [4.69, 9.17) is 0 Å². The molecule has 0 aliphatic carbocycles. The third-order valence-corrected chi connectivity index (χ3v) is 3.53. The molecule has 2 aromatic rings. The van der Waals surface area contributed by atoms with Crippen molar-refractivity contribution in [3.8, 4) is 5.69 Å². The van der Waals surface area contributed by atoms with Crippen LogP contribution in [0, 0.1) is 13.8 Å². The van der Waals surface area contributed by atoms with Crippen LogP contribution in [0.3, 0.4) is 0 Å². The van der Waals surface area contributed by atoms with Gasteiger partial charge in [0.25, 0.3) is 0 Å². The van der Waals surface area contributed by atoms with Crippen LogP contribution in [0.2, 0.25) is 0 Å². The first kappa shape index (κ1) is 13.5. The molecule has 2 rings (SSSR count).